The van der Waals surface area contributed by atoms with E-state index in [0.29, 0.717) is 18.0 Å². The van der Waals surface area contributed by atoms with Gasteiger partial charge in [0.05, 0.1) is 5.69 Å². The first-order valence-corrected chi connectivity index (χ1v) is 7.07. The molecule has 2 aromatic rings. The molecule has 4 heteroatoms. The van der Waals surface area contributed by atoms with Gasteiger partial charge in [-0.25, -0.2) is 4.39 Å². The van der Waals surface area contributed by atoms with E-state index in [1.54, 1.807) is 6.07 Å². The molecule has 0 radical (unpaired) electrons. The molecular weight excluding hydrogens is 253 g/mol. The topological polar surface area (TPSA) is 43.8 Å². The largest absolute Gasteiger partial charge is 0.324 e. The zero-order chi connectivity index (χ0) is 14.7. The van der Waals surface area contributed by atoms with Crippen LogP contribution in [-0.4, -0.2) is 9.78 Å². The molecule has 1 aromatic heterocycles. The van der Waals surface area contributed by atoms with Crippen LogP contribution in [0, 0.1) is 12.7 Å². The van der Waals surface area contributed by atoms with Crippen LogP contribution in [0.25, 0.3) is 0 Å². The van der Waals surface area contributed by atoms with Gasteiger partial charge in [-0.3, -0.25) is 4.68 Å². The van der Waals surface area contributed by atoms with Crippen LogP contribution in [0.3, 0.4) is 0 Å². The lowest BCUT2D eigenvalue weighted by Gasteiger charge is -2.12. The lowest BCUT2D eigenvalue weighted by molar-refractivity contribution is 0.471. The van der Waals surface area contributed by atoms with Crippen LogP contribution in [-0.2, 0) is 6.42 Å². The van der Waals surface area contributed by atoms with Crippen LogP contribution >= 0.6 is 0 Å². The first-order valence-electron chi connectivity index (χ1n) is 7.07. The maximum Gasteiger partial charge on any atom is 0.128 e. The van der Waals surface area contributed by atoms with E-state index in [1.165, 1.54) is 6.07 Å². The fourth-order valence-electron chi connectivity index (χ4n) is 2.19. The summed E-state index contributed by atoms with van der Waals surface area (Å²) in [6.45, 7) is 6.11. The van der Waals surface area contributed by atoms with Gasteiger partial charge in [0.2, 0.25) is 0 Å². The van der Waals surface area contributed by atoms with Crippen molar-refractivity contribution in [1.29, 1.82) is 0 Å². The summed E-state index contributed by atoms with van der Waals surface area (Å²) < 4.78 is 15.8. The summed E-state index contributed by atoms with van der Waals surface area (Å²) in [4.78, 5) is 0. The van der Waals surface area contributed by atoms with E-state index in [-0.39, 0.29) is 11.9 Å². The summed E-state index contributed by atoms with van der Waals surface area (Å²) in [6.07, 6.45) is 3.53. The van der Waals surface area contributed by atoms with Gasteiger partial charge in [0.1, 0.15) is 5.82 Å². The van der Waals surface area contributed by atoms with E-state index < -0.39 is 0 Å². The highest BCUT2D eigenvalue weighted by molar-refractivity contribution is 5.26. The van der Waals surface area contributed by atoms with E-state index in [0.717, 1.165) is 17.7 Å². The number of hydrogen-bond donors (Lipinski definition) is 1. The minimum Gasteiger partial charge on any atom is -0.324 e. The van der Waals surface area contributed by atoms with Gasteiger partial charge in [-0.05, 0) is 38.0 Å². The molecule has 2 unspecified atom stereocenters. The first-order chi connectivity index (χ1) is 9.51. The molecule has 0 saturated carbocycles. The van der Waals surface area contributed by atoms with Crippen molar-refractivity contribution in [3.63, 3.8) is 0 Å². The molecule has 2 N–H and O–H groups in total. The number of aromatic nitrogens is 2. The summed E-state index contributed by atoms with van der Waals surface area (Å²) in [5, 5.41) is 4.51. The highest BCUT2D eigenvalue weighted by Crippen LogP contribution is 2.20. The average molecular weight is 275 g/mol. The molecule has 3 nitrogen and oxygen atoms in total. The summed E-state index contributed by atoms with van der Waals surface area (Å²) >= 11 is 0. The van der Waals surface area contributed by atoms with Gasteiger partial charge in [0.25, 0.3) is 0 Å². The van der Waals surface area contributed by atoms with Crippen molar-refractivity contribution in [3.05, 3.63) is 53.1 Å². The molecule has 2 rings (SSSR count). The Hall–Kier alpha value is -1.68. The van der Waals surface area contributed by atoms with Crippen LogP contribution in [0.4, 0.5) is 4.39 Å². The fraction of sp³-hybridized carbons (Fsp3) is 0.438. The molecule has 2 atom stereocenters. The fourth-order valence-corrected chi connectivity index (χ4v) is 2.19. The highest BCUT2D eigenvalue weighted by atomic mass is 19.1. The number of nitrogens with zero attached hydrogens (tertiary/aromatic N) is 2. The van der Waals surface area contributed by atoms with Crippen LogP contribution in [0.15, 0.2) is 30.5 Å². The summed E-state index contributed by atoms with van der Waals surface area (Å²) in [5.41, 5.74) is 8.46. The number of benzene rings is 1. The third-order valence-electron chi connectivity index (χ3n) is 3.69. The molecule has 0 fully saturated rings. The van der Waals surface area contributed by atoms with Crippen LogP contribution < -0.4 is 5.73 Å². The second-order valence-electron chi connectivity index (χ2n) is 5.38. The van der Waals surface area contributed by atoms with E-state index in [4.69, 9.17) is 5.73 Å². The molecular formula is C16H22FN3. The Morgan fingerprint density at radius 3 is 2.75 bits per heavy atom. The SMILES string of the molecule is CCC(C)n1ccc(CC(N)c2ccc(C)cc2F)n1. The Morgan fingerprint density at radius 1 is 1.35 bits per heavy atom. The van der Waals surface area contributed by atoms with E-state index in [1.807, 2.05) is 29.9 Å². The number of halogens is 1. The van der Waals surface area contributed by atoms with Crippen molar-refractivity contribution in [1.82, 2.24) is 9.78 Å². The van der Waals surface area contributed by atoms with Crippen molar-refractivity contribution in [2.75, 3.05) is 0 Å². The normalized spacial score (nSPS) is 14.2. The molecule has 0 aliphatic carbocycles. The van der Waals surface area contributed by atoms with Crippen molar-refractivity contribution >= 4 is 0 Å². The number of nitrogens with two attached hydrogens (primary N) is 1. The maximum atomic E-state index is 13.9. The number of rotatable bonds is 5. The molecule has 0 aliphatic rings. The monoisotopic (exact) mass is 275 g/mol. The molecule has 1 aromatic carbocycles. The first kappa shape index (κ1) is 14.7. The lowest BCUT2D eigenvalue weighted by Crippen LogP contribution is -2.16. The third-order valence-corrected chi connectivity index (χ3v) is 3.69. The summed E-state index contributed by atoms with van der Waals surface area (Å²) in [7, 11) is 0. The summed E-state index contributed by atoms with van der Waals surface area (Å²) in [5.74, 6) is -0.237. The van der Waals surface area contributed by atoms with Gasteiger partial charge in [-0.2, -0.15) is 5.10 Å². The Morgan fingerprint density at radius 2 is 2.10 bits per heavy atom. The standard InChI is InChI=1S/C16H22FN3/c1-4-12(3)20-8-7-13(19-20)10-16(18)14-6-5-11(2)9-15(14)17/h5-9,12,16H,4,10,18H2,1-3H3. The summed E-state index contributed by atoms with van der Waals surface area (Å²) in [6, 6.07) is 7.13. The molecule has 0 bridgehead atoms. The maximum absolute atomic E-state index is 13.9. The zero-order valence-electron chi connectivity index (χ0n) is 12.3. The Kier molecular flexibility index (Phi) is 4.55. The van der Waals surface area contributed by atoms with Crippen molar-refractivity contribution in [2.24, 2.45) is 5.73 Å². The smallest absolute Gasteiger partial charge is 0.128 e. The molecule has 1 heterocycles. The van der Waals surface area contributed by atoms with E-state index in [9.17, 15) is 4.39 Å². The molecule has 20 heavy (non-hydrogen) atoms. The second kappa shape index (κ2) is 6.18. The van der Waals surface area contributed by atoms with E-state index in [2.05, 4.69) is 18.9 Å². The van der Waals surface area contributed by atoms with Gasteiger partial charge in [0, 0.05) is 30.3 Å². The number of aryl methyl sites for hydroxylation is 1. The molecule has 0 spiro atoms. The van der Waals surface area contributed by atoms with Gasteiger partial charge >= 0.3 is 0 Å². The minimum absolute atomic E-state index is 0.237. The van der Waals surface area contributed by atoms with Crippen molar-refractivity contribution in [3.8, 4) is 0 Å². The third kappa shape index (κ3) is 3.25. The van der Waals surface area contributed by atoms with Gasteiger partial charge in [-0.15, -0.1) is 0 Å². The second-order valence-corrected chi connectivity index (χ2v) is 5.38. The Labute approximate surface area is 119 Å². The predicted molar refractivity (Wildman–Crippen MR) is 79.0 cm³/mol. The van der Waals surface area contributed by atoms with Crippen LogP contribution in [0.5, 0.6) is 0 Å². The van der Waals surface area contributed by atoms with Crippen molar-refractivity contribution < 1.29 is 4.39 Å². The van der Waals surface area contributed by atoms with Crippen molar-refractivity contribution in [2.45, 2.75) is 45.7 Å². The van der Waals surface area contributed by atoms with E-state index >= 15 is 0 Å². The zero-order valence-corrected chi connectivity index (χ0v) is 12.3. The molecule has 0 amide bonds. The highest BCUT2D eigenvalue weighted by Gasteiger charge is 2.14. The van der Waals surface area contributed by atoms with Gasteiger partial charge in [0.15, 0.2) is 0 Å². The van der Waals surface area contributed by atoms with Crippen LogP contribution in [0.1, 0.15) is 49.2 Å². The quantitative estimate of drug-likeness (QED) is 0.907. The van der Waals surface area contributed by atoms with Crippen LogP contribution in [0.2, 0.25) is 0 Å². The van der Waals surface area contributed by atoms with Gasteiger partial charge < -0.3 is 5.73 Å². The number of hydrogen-bond acceptors (Lipinski definition) is 2. The Balaban J connectivity index is 2.11. The minimum atomic E-state index is -0.365. The van der Waals surface area contributed by atoms with Gasteiger partial charge in [-0.1, -0.05) is 19.1 Å². The molecule has 108 valence electrons. The molecule has 0 aliphatic heterocycles. The average Bonchev–Trinajstić information content (AvgIpc) is 2.86. The predicted octanol–water partition coefficient (Wildman–Crippen LogP) is 3.54. The Bertz CT molecular complexity index is 577. The lowest BCUT2D eigenvalue weighted by atomic mass is 10.0. The molecule has 0 saturated heterocycles.